The lowest BCUT2D eigenvalue weighted by Gasteiger charge is -2.36. The fraction of sp³-hybridized carbons (Fsp3) is 0.345. The van der Waals surface area contributed by atoms with Crippen molar-refractivity contribution in [1.29, 1.82) is 0 Å². The van der Waals surface area contributed by atoms with Gasteiger partial charge in [-0.2, -0.15) is 0 Å². The van der Waals surface area contributed by atoms with E-state index in [1.54, 1.807) is 13.8 Å². The van der Waals surface area contributed by atoms with Crippen LogP contribution in [-0.2, 0) is 20.4 Å². The van der Waals surface area contributed by atoms with E-state index in [-0.39, 0.29) is 22.5 Å². The zero-order valence-corrected chi connectivity index (χ0v) is 20.6. The molecule has 1 fully saturated rings. The van der Waals surface area contributed by atoms with Crippen molar-refractivity contribution in [1.82, 2.24) is 0 Å². The standard InChI is InChI=1S/C29H33O3S/c1-28(2,27(30)32-29(3)21-11-6-12-22-29)31-23-17-19-26(20-18-23)33(24-13-7-4-8-14-24)25-15-9-5-10-16-25/h4-5,7-10,13-20H,6,11-12,21-22H2,1-3H3/q+1. The van der Waals surface area contributed by atoms with Gasteiger partial charge in [-0.1, -0.05) is 42.8 Å². The summed E-state index contributed by atoms with van der Waals surface area (Å²) < 4.78 is 12.1. The second-order valence-electron chi connectivity index (χ2n) is 9.42. The van der Waals surface area contributed by atoms with Crippen LogP contribution in [0.4, 0.5) is 0 Å². The summed E-state index contributed by atoms with van der Waals surface area (Å²) in [7, 11) is -0.213. The minimum Gasteiger partial charge on any atom is -0.476 e. The molecular formula is C29H33O3S+. The average molecular weight is 462 g/mol. The Hall–Kier alpha value is -2.72. The van der Waals surface area contributed by atoms with E-state index in [0.29, 0.717) is 5.75 Å². The molecule has 1 aliphatic carbocycles. The van der Waals surface area contributed by atoms with Gasteiger partial charge < -0.3 is 9.47 Å². The normalized spacial score (nSPS) is 15.8. The van der Waals surface area contributed by atoms with Gasteiger partial charge in [0.15, 0.2) is 20.3 Å². The fourth-order valence-corrected chi connectivity index (χ4v) is 6.33. The van der Waals surface area contributed by atoms with Crippen molar-refractivity contribution >= 4 is 16.9 Å². The first-order valence-electron chi connectivity index (χ1n) is 11.7. The molecule has 0 bridgehead atoms. The highest BCUT2D eigenvalue weighted by Gasteiger charge is 2.39. The molecule has 0 spiro atoms. The third-order valence-electron chi connectivity index (χ3n) is 6.13. The number of carbonyl (C=O) groups is 1. The molecule has 0 heterocycles. The van der Waals surface area contributed by atoms with Crippen LogP contribution in [0.1, 0.15) is 52.9 Å². The van der Waals surface area contributed by atoms with Crippen LogP contribution in [-0.4, -0.2) is 17.2 Å². The van der Waals surface area contributed by atoms with Gasteiger partial charge in [-0.25, -0.2) is 4.79 Å². The van der Waals surface area contributed by atoms with E-state index in [1.165, 1.54) is 21.1 Å². The van der Waals surface area contributed by atoms with Gasteiger partial charge in [0.2, 0.25) is 0 Å². The molecule has 3 aromatic rings. The van der Waals surface area contributed by atoms with Gasteiger partial charge >= 0.3 is 5.97 Å². The summed E-state index contributed by atoms with van der Waals surface area (Å²) in [5, 5.41) is 0. The van der Waals surface area contributed by atoms with Crippen molar-refractivity contribution in [3.05, 3.63) is 84.9 Å². The Morgan fingerprint density at radius 1 is 0.758 bits per heavy atom. The van der Waals surface area contributed by atoms with Gasteiger partial charge in [0, 0.05) is 0 Å². The highest BCUT2D eigenvalue weighted by atomic mass is 32.2. The van der Waals surface area contributed by atoms with Crippen LogP contribution in [0.5, 0.6) is 5.75 Å². The molecule has 1 aliphatic rings. The fourth-order valence-electron chi connectivity index (χ4n) is 4.25. The minimum atomic E-state index is -1.05. The van der Waals surface area contributed by atoms with Crippen molar-refractivity contribution in [3.63, 3.8) is 0 Å². The molecule has 3 nitrogen and oxygen atoms in total. The van der Waals surface area contributed by atoms with E-state index in [2.05, 4.69) is 60.7 Å². The Bertz CT molecular complexity index is 1000. The van der Waals surface area contributed by atoms with E-state index in [0.717, 1.165) is 25.7 Å². The lowest BCUT2D eigenvalue weighted by molar-refractivity contribution is -0.177. The Kier molecular flexibility index (Phi) is 7.14. The maximum absolute atomic E-state index is 12.9. The predicted molar refractivity (Wildman–Crippen MR) is 134 cm³/mol. The molecule has 0 aromatic heterocycles. The summed E-state index contributed by atoms with van der Waals surface area (Å²) in [4.78, 5) is 16.7. The van der Waals surface area contributed by atoms with Crippen molar-refractivity contribution in [2.75, 3.05) is 0 Å². The summed E-state index contributed by atoms with van der Waals surface area (Å²) >= 11 is 0. The number of hydrogen-bond acceptors (Lipinski definition) is 3. The van der Waals surface area contributed by atoms with Crippen molar-refractivity contribution in [2.24, 2.45) is 0 Å². The number of rotatable bonds is 7. The van der Waals surface area contributed by atoms with Crippen molar-refractivity contribution < 1.29 is 14.3 Å². The smallest absolute Gasteiger partial charge is 0.350 e. The highest BCUT2D eigenvalue weighted by molar-refractivity contribution is 7.97. The molecule has 0 amide bonds. The highest BCUT2D eigenvalue weighted by Crippen LogP contribution is 2.34. The van der Waals surface area contributed by atoms with Gasteiger partial charge in [0.05, 0.1) is 10.9 Å². The van der Waals surface area contributed by atoms with Crippen LogP contribution in [0, 0.1) is 0 Å². The summed E-state index contributed by atoms with van der Waals surface area (Å²) in [6.45, 7) is 5.62. The van der Waals surface area contributed by atoms with Crippen LogP contribution in [0.2, 0.25) is 0 Å². The van der Waals surface area contributed by atoms with Gasteiger partial charge in [0.1, 0.15) is 11.4 Å². The number of ether oxygens (including phenoxy) is 2. The monoisotopic (exact) mass is 461 g/mol. The number of hydrogen-bond donors (Lipinski definition) is 0. The molecular weight excluding hydrogens is 428 g/mol. The lowest BCUT2D eigenvalue weighted by Crippen LogP contribution is -2.45. The van der Waals surface area contributed by atoms with Gasteiger partial charge in [-0.15, -0.1) is 0 Å². The maximum atomic E-state index is 12.9. The molecule has 0 aliphatic heterocycles. The van der Waals surface area contributed by atoms with Crippen molar-refractivity contribution in [2.45, 2.75) is 78.8 Å². The minimum absolute atomic E-state index is 0.213. The van der Waals surface area contributed by atoms with E-state index < -0.39 is 5.60 Å². The molecule has 4 rings (SSSR count). The van der Waals surface area contributed by atoms with Crippen LogP contribution in [0.25, 0.3) is 0 Å². The molecule has 0 N–H and O–H groups in total. The molecule has 0 radical (unpaired) electrons. The third kappa shape index (κ3) is 5.80. The molecule has 4 heteroatoms. The second-order valence-corrected chi connectivity index (χ2v) is 11.4. The first-order valence-corrected chi connectivity index (χ1v) is 13.0. The summed E-state index contributed by atoms with van der Waals surface area (Å²) in [6, 6.07) is 29.2. The number of carbonyl (C=O) groups excluding carboxylic acids is 1. The zero-order valence-electron chi connectivity index (χ0n) is 19.8. The van der Waals surface area contributed by atoms with Gasteiger partial charge in [-0.3, -0.25) is 0 Å². The van der Waals surface area contributed by atoms with E-state index in [9.17, 15) is 4.79 Å². The third-order valence-corrected chi connectivity index (χ3v) is 8.36. The van der Waals surface area contributed by atoms with Crippen LogP contribution in [0.3, 0.4) is 0 Å². The van der Waals surface area contributed by atoms with Crippen LogP contribution in [0.15, 0.2) is 99.6 Å². The van der Waals surface area contributed by atoms with Gasteiger partial charge in [-0.05, 0) is 95.0 Å². The molecule has 0 unspecified atom stereocenters. The van der Waals surface area contributed by atoms with E-state index in [4.69, 9.17) is 9.47 Å². The second kappa shape index (κ2) is 10.0. The first kappa shape index (κ1) is 23.4. The molecule has 172 valence electrons. The topological polar surface area (TPSA) is 35.5 Å². The van der Waals surface area contributed by atoms with E-state index in [1.807, 2.05) is 31.2 Å². The molecule has 0 atom stereocenters. The summed E-state index contributed by atoms with van der Waals surface area (Å²) in [6.07, 6.45) is 5.28. The lowest BCUT2D eigenvalue weighted by atomic mass is 9.86. The summed E-state index contributed by atoms with van der Waals surface area (Å²) in [5.41, 5.74) is -1.43. The van der Waals surface area contributed by atoms with Crippen LogP contribution >= 0.6 is 0 Å². The Morgan fingerprint density at radius 2 is 1.24 bits per heavy atom. The van der Waals surface area contributed by atoms with Crippen LogP contribution < -0.4 is 4.74 Å². The molecule has 0 saturated heterocycles. The van der Waals surface area contributed by atoms with Crippen molar-refractivity contribution in [3.8, 4) is 5.75 Å². The Morgan fingerprint density at radius 3 is 1.76 bits per heavy atom. The maximum Gasteiger partial charge on any atom is 0.350 e. The predicted octanol–water partition coefficient (Wildman–Crippen LogP) is 7.21. The Labute approximate surface area is 200 Å². The number of benzene rings is 3. The molecule has 33 heavy (non-hydrogen) atoms. The number of esters is 1. The van der Waals surface area contributed by atoms with Gasteiger partial charge in [0.25, 0.3) is 0 Å². The SMILES string of the molecule is CC1(OC(=O)C(C)(C)Oc2ccc([S+](c3ccccc3)c3ccccc3)cc2)CCCCC1. The zero-order chi connectivity index (χ0) is 23.3. The quantitative estimate of drug-likeness (QED) is 0.275. The average Bonchev–Trinajstić information content (AvgIpc) is 2.82. The van der Waals surface area contributed by atoms with E-state index >= 15 is 0 Å². The molecule has 3 aromatic carbocycles. The molecule has 1 saturated carbocycles. The summed E-state index contributed by atoms with van der Waals surface area (Å²) in [5.74, 6) is 0.364. The Balaban J connectivity index is 1.51. The largest absolute Gasteiger partial charge is 0.476 e. The first-order chi connectivity index (χ1) is 15.9.